The summed E-state index contributed by atoms with van der Waals surface area (Å²) in [5, 5.41) is 10.2. The second-order valence-electron chi connectivity index (χ2n) is 11.2. The van der Waals surface area contributed by atoms with Crippen LogP contribution in [0.3, 0.4) is 0 Å². The largest absolute Gasteiger partial charge is 0.489 e. The molecule has 1 N–H and O–H groups in total. The first kappa shape index (κ1) is 27.9. The van der Waals surface area contributed by atoms with Crippen LogP contribution < -0.4 is 9.64 Å². The van der Waals surface area contributed by atoms with Gasteiger partial charge in [0.2, 0.25) is 0 Å². The Morgan fingerprint density at radius 2 is 1.64 bits per heavy atom. The molecular formula is C35H34ClN3O3. The van der Waals surface area contributed by atoms with Gasteiger partial charge in [-0.1, -0.05) is 49.1 Å². The molecule has 42 heavy (non-hydrogen) atoms. The number of anilines is 1. The van der Waals surface area contributed by atoms with E-state index in [0.29, 0.717) is 23.2 Å². The molecule has 1 fully saturated rings. The predicted octanol–water partition coefficient (Wildman–Crippen LogP) is 8.87. The van der Waals surface area contributed by atoms with Gasteiger partial charge in [-0.3, -0.25) is 0 Å². The van der Waals surface area contributed by atoms with Gasteiger partial charge in [0.15, 0.2) is 0 Å². The number of aromatic nitrogens is 2. The maximum atomic E-state index is 11.6. The van der Waals surface area contributed by atoms with E-state index in [1.54, 1.807) is 12.1 Å². The Kier molecular flexibility index (Phi) is 7.90. The number of halogens is 1. The van der Waals surface area contributed by atoms with Crippen molar-refractivity contribution in [3.05, 3.63) is 101 Å². The molecule has 7 heteroatoms. The molecule has 1 aliphatic carbocycles. The molecule has 0 bridgehead atoms. The van der Waals surface area contributed by atoms with Gasteiger partial charge >= 0.3 is 5.97 Å². The monoisotopic (exact) mass is 579 g/mol. The fourth-order valence-electron chi connectivity index (χ4n) is 5.87. The molecule has 5 aromatic rings. The van der Waals surface area contributed by atoms with Crippen molar-refractivity contribution in [1.29, 1.82) is 0 Å². The van der Waals surface area contributed by atoms with Crippen molar-refractivity contribution in [2.24, 2.45) is 0 Å². The van der Waals surface area contributed by atoms with Gasteiger partial charge in [-0.15, -0.1) is 0 Å². The van der Waals surface area contributed by atoms with E-state index in [0.717, 1.165) is 57.9 Å². The average molecular weight is 580 g/mol. The van der Waals surface area contributed by atoms with Crippen molar-refractivity contribution < 1.29 is 14.6 Å². The van der Waals surface area contributed by atoms with Crippen LogP contribution in [0.1, 0.15) is 54.1 Å². The van der Waals surface area contributed by atoms with Gasteiger partial charge in [0, 0.05) is 36.4 Å². The Balaban J connectivity index is 1.28. The Morgan fingerprint density at radius 1 is 0.929 bits per heavy atom. The van der Waals surface area contributed by atoms with Gasteiger partial charge in [0.1, 0.15) is 18.2 Å². The lowest BCUT2D eigenvalue weighted by molar-refractivity contribution is 0.0697. The normalized spacial score (nSPS) is 13.8. The van der Waals surface area contributed by atoms with Crippen molar-refractivity contribution >= 4 is 34.3 Å². The molecule has 1 heterocycles. The minimum Gasteiger partial charge on any atom is -0.489 e. The number of rotatable bonds is 8. The third-order valence-electron chi connectivity index (χ3n) is 8.15. The molecule has 0 spiro atoms. The summed E-state index contributed by atoms with van der Waals surface area (Å²) in [5.41, 5.74) is 7.33. The van der Waals surface area contributed by atoms with Gasteiger partial charge in [0.05, 0.1) is 16.6 Å². The van der Waals surface area contributed by atoms with E-state index in [1.807, 2.05) is 68.7 Å². The van der Waals surface area contributed by atoms with Crippen LogP contribution in [0.2, 0.25) is 5.02 Å². The third kappa shape index (κ3) is 5.72. The molecule has 214 valence electrons. The first-order chi connectivity index (χ1) is 20.4. The highest BCUT2D eigenvalue weighted by molar-refractivity contribution is 6.30. The van der Waals surface area contributed by atoms with Crippen molar-refractivity contribution in [3.8, 4) is 28.3 Å². The van der Waals surface area contributed by atoms with Gasteiger partial charge in [-0.25, -0.2) is 9.78 Å². The number of ether oxygens (including phenoxy) is 1. The number of hydrogen-bond donors (Lipinski definition) is 1. The van der Waals surface area contributed by atoms with E-state index < -0.39 is 5.97 Å². The molecule has 1 aromatic heterocycles. The first-order valence-corrected chi connectivity index (χ1v) is 14.8. The highest BCUT2D eigenvalue weighted by atomic mass is 35.5. The molecule has 0 saturated heterocycles. The summed E-state index contributed by atoms with van der Waals surface area (Å²) in [7, 11) is 4.07. The van der Waals surface area contributed by atoms with Gasteiger partial charge in [-0.2, -0.15) is 0 Å². The highest BCUT2D eigenvalue weighted by Gasteiger charge is 2.23. The van der Waals surface area contributed by atoms with Crippen LogP contribution in [0.15, 0.2) is 84.9 Å². The number of carboxylic acid groups (broad SMARTS) is 1. The molecule has 6 nitrogen and oxygen atoms in total. The van der Waals surface area contributed by atoms with Crippen LogP contribution in [0.25, 0.3) is 33.5 Å². The van der Waals surface area contributed by atoms with E-state index in [2.05, 4.69) is 27.7 Å². The molecule has 4 aromatic carbocycles. The molecular weight excluding hydrogens is 546 g/mol. The summed E-state index contributed by atoms with van der Waals surface area (Å²) in [6, 6.07) is 28.0. The summed E-state index contributed by atoms with van der Waals surface area (Å²) in [6.07, 6.45) is 5.84. The Hall–Kier alpha value is -4.29. The number of hydrogen-bond acceptors (Lipinski definition) is 4. The van der Waals surface area contributed by atoms with Gasteiger partial charge < -0.3 is 19.3 Å². The quantitative estimate of drug-likeness (QED) is 0.199. The first-order valence-electron chi connectivity index (χ1n) is 14.4. The number of aromatic carboxylic acids is 1. The van der Waals surface area contributed by atoms with E-state index in [-0.39, 0.29) is 5.56 Å². The molecule has 0 unspecified atom stereocenters. The lowest BCUT2D eigenvalue weighted by Gasteiger charge is -2.25. The molecule has 1 aliphatic rings. The summed E-state index contributed by atoms with van der Waals surface area (Å²) in [4.78, 5) is 18.6. The zero-order valence-electron chi connectivity index (χ0n) is 23.9. The van der Waals surface area contributed by atoms with Crippen LogP contribution >= 0.6 is 11.6 Å². The van der Waals surface area contributed by atoms with E-state index in [1.165, 1.54) is 19.3 Å². The summed E-state index contributed by atoms with van der Waals surface area (Å²) >= 11 is 6.15. The topological polar surface area (TPSA) is 67.6 Å². The van der Waals surface area contributed by atoms with E-state index in [4.69, 9.17) is 21.3 Å². The van der Waals surface area contributed by atoms with Crippen LogP contribution in [-0.4, -0.2) is 34.7 Å². The van der Waals surface area contributed by atoms with Gasteiger partial charge in [0.25, 0.3) is 0 Å². The maximum Gasteiger partial charge on any atom is 0.335 e. The molecule has 1 saturated carbocycles. The minimum atomic E-state index is -0.942. The Morgan fingerprint density at radius 3 is 2.33 bits per heavy atom. The maximum absolute atomic E-state index is 11.6. The second kappa shape index (κ2) is 11.9. The third-order valence-corrected chi connectivity index (χ3v) is 8.40. The molecule has 0 amide bonds. The second-order valence-corrected chi connectivity index (χ2v) is 11.6. The lowest BCUT2D eigenvalue weighted by Crippen LogP contribution is -2.14. The standard InChI is InChI=1S/C35H34ClN3O3/c1-38(2)29-16-10-26(31(21-29)23-8-14-27(36)15-9-23)22-42-30-17-11-24(12-18-30)34-37-32-20-25(35(40)41)13-19-33(32)39(34)28-6-4-3-5-7-28/h8-21,28H,3-7,22H2,1-2H3,(H,40,41). The Bertz CT molecular complexity index is 1720. The number of imidazole rings is 1. The zero-order valence-corrected chi connectivity index (χ0v) is 24.6. The van der Waals surface area contributed by atoms with Crippen LogP contribution in [0, 0.1) is 0 Å². The van der Waals surface area contributed by atoms with Crippen LogP contribution in [0.4, 0.5) is 5.69 Å². The number of nitrogens with zero attached hydrogens (tertiary/aromatic N) is 3. The van der Waals surface area contributed by atoms with Crippen molar-refractivity contribution in [2.75, 3.05) is 19.0 Å². The van der Waals surface area contributed by atoms with Crippen LogP contribution in [0.5, 0.6) is 5.75 Å². The van der Waals surface area contributed by atoms with Crippen molar-refractivity contribution in [1.82, 2.24) is 9.55 Å². The zero-order chi connectivity index (χ0) is 29.2. The molecule has 0 atom stereocenters. The summed E-state index contributed by atoms with van der Waals surface area (Å²) < 4.78 is 8.60. The smallest absolute Gasteiger partial charge is 0.335 e. The van der Waals surface area contributed by atoms with Crippen LogP contribution in [-0.2, 0) is 6.61 Å². The van der Waals surface area contributed by atoms with E-state index in [9.17, 15) is 9.90 Å². The fourth-order valence-corrected chi connectivity index (χ4v) is 6.00. The predicted molar refractivity (Wildman–Crippen MR) is 170 cm³/mol. The fraction of sp³-hybridized carbons (Fsp3) is 0.257. The molecule has 0 aliphatic heterocycles. The van der Waals surface area contributed by atoms with Crippen molar-refractivity contribution in [3.63, 3.8) is 0 Å². The van der Waals surface area contributed by atoms with Gasteiger partial charge in [-0.05, 0) is 96.3 Å². The SMILES string of the molecule is CN(C)c1ccc(COc2ccc(-c3nc4cc(C(=O)O)ccc4n3C3CCCCC3)cc2)c(-c2ccc(Cl)cc2)c1. The number of carboxylic acids is 1. The average Bonchev–Trinajstić information content (AvgIpc) is 3.40. The number of fused-ring (bicyclic) bond motifs is 1. The molecule has 0 radical (unpaired) electrons. The summed E-state index contributed by atoms with van der Waals surface area (Å²) in [6.45, 7) is 0.420. The number of benzene rings is 4. The van der Waals surface area contributed by atoms with Crippen molar-refractivity contribution in [2.45, 2.75) is 44.8 Å². The highest BCUT2D eigenvalue weighted by Crippen LogP contribution is 2.37. The minimum absolute atomic E-state index is 0.252. The van der Waals surface area contributed by atoms with E-state index >= 15 is 0 Å². The lowest BCUT2D eigenvalue weighted by atomic mass is 9.95. The number of carbonyl (C=O) groups is 1. The summed E-state index contributed by atoms with van der Waals surface area (Å²) in [5.74, 6) is 0.698. The Labute approximate surface area is 251 Å². The molecule has 6 rings (SSSR count).